The average Bonchev–Trinajstić information content (AvgIpc) is 2.95. The second kappa shape index (κ2) is 9.23. The number of benzene rings is 2. The van der Waals surface area contributed by atoms with Gasteiger partial charge in [0.25, 0.3) is 5.91 Å². The molecule has 144 valence electrons. The van der Waals surface area contributed by atoms with E-state index in [1.54, 1.807) is 6.08 Å². The zero-order chi connectivity index (χ0) is 20.1. The first kappa shape index (κ1) is 20.4. The second-order valence-electron chi connectivity index (χ2n) is 5.79. The summed E-state index contributed by atoms with van der Waals surface area (Å²) in [5.41, 5.74) is 1.73. The number of hydrogen-bond donors (Lipinski definition) is 0. The topological polar surface area (TPSA) is 55.8 Å². The van der Waals surface area contributed by atoms with E-state index in [-0.39, 0.29) is 12.5 Å². The summed E-state index contributed by atoms with van der Waals surface area (Å²) in [6.45, 7) is 0.179. The number of amides is 1. The van der Waals surface area contributed by atoms with Crippen LogP contribution in [0.15, 0.2) is 53.4 Å². The smallest absolute Gasteiger partial charge is 0.325 e. The van der Waals surface area contributed by atoms with Gasteiger partial charge in [0.1, 0.15) is 23.2 Å². The molecule has 0 aromatic heterocycles. The SMILES string of the molecule is COC(=O)CN1C(=O)C(=Cc2ccc(OCc3ccccc3Cl)cc2)SC1=S. The zero-order valence-electron chi connectivity index (χ0n) is 14.9. The zero-order valence-corrected chi connectivity index (χ0v) is 17.3. The largest absolute Gasteiger partial charge is 0.489 e. The molecule has 1 saturated heterocycles. The molecule has 1 fully saturated rings. The Hall–Kier alpha value is -2.35. The number of rotatable bonds is 6. The normalized spacial score (nSPS) is 15.2. The first-order valence-corrected chi connectivity index (χ1v) is 9.86. The molecule has 1 aliphatic heterocycles. The highest BCUT2D eigenvalue weighted by Crippen LogP contribution is 2.32. The number of nitrogens with zero attached hydrogens (tertiary/aromatic N) is 1. The molecule has 0 atom stereocenters. The van der Waals surface area contributed by atoms with Crippen molar-refractivity contribution in [1.29, 1.82) is 0 Å². The minimum Gasteiger partial charge on any atom is -0.489 e. The minimum absolute atomic E-state index is 0.187. The number of methoxy groups -OCH3 is 1. The Balaban J connectivity index is 1.65. The molecule has 3 rings (SSSR count). The van der Waals surface area contributed by atoms with Crippen molar-refractivity contribution in [2.45, 2.75) is 6.61 Å². The molecule has 0 radical (unpaired) electrons. The van der Waals surface area contributed by atoms with Crippen LogP contribution in [0.5, 0.6) is 5.75 Å². The maximum absolute atomic E-state index is 12.4. The van der Waals surface area contributed by atoms with E-state index >= 15 is 0 Å². The fraction of sp³-hybridized carbons (Fsp3) is 0.150. The van der Waals surface area contributed by atoms with E-state index in [2.05, 4.69) is 4.74 Å². The number of halogens is 1. The van der Waals surface area contributed by atoms with Crippen LogP contribution in [-0.2, 0) is 20.9 Å². The Morgan fingerprint density at radius 1 is 1.21 bits per heavy atom. The highest BCUT2D eigenvalue weighted by atomic mass is 35.5. The van der Waals surface area contributed by atoms with E-state index in [1.165, 1.54) is 12.0 Å². The van der Waals surface area contributed by atoms with Crippen LogP contribution in [0.4, 0.5) is 0 Å². The van der Waals surface area contributed by atoms with Crippen LogP contribution in [-0.4, -0.2) is 34.8 Å². The van der Waals surface area contributed by atoms with Gasteiger partial charge in [0.05, 0.1) is 12.0 Å². The van der Waals surface area contributed by atoms with Gasteiger partial charge in [0.2, 0.25) is 0 Å². The molecule has 0 saturated carbocycles. The molecule has 2 aromatic carbocycles. The summed E-state index contributed by atoms with van der Waals surface area (Å²) in [5, 5.41) is 0.660. The molecule has 0 aliphatic carbocycles. The summed E-state index contributed by atoms with van der Waals surface area (Å²) in [7, 11) is 1.27. The van der Waals surface area contributed by atoms with Gasteiger partial charge in [-0.05, 0) is 29.8 Å². The van der Waals surface area contributed by atoms with Gasteiger partial charge in [-0.15, -0.1) is 0 Å². The van der Waals surface area contributed by atoms with Gasteiger partial charge in [0.15, 0.2) is 0 Å². The van der Waals surface area contributed by atoms with Crippen LogP contribution < -0.4 is 4.74 Å². The molecular formula is C20H16ClNO4S2. The molecule has 0 spiro atoms. The summed E-state index contributed by atoms with van der Waals surface area (Å²) < 4.78 is 10.7. The molecule has 1 amide bonds. The number of esters is 1. The standard InChI is InChI=1S/C20H16ClNO4S2/c1-25-18(23)11-22-19(24)17(28-20(22)27)10-13-6-8-15(9-7-13)26-12-14-4-2-3-5-16(14)21/h2-10H,11-12H2,1H3. The fourth-order valence-corrected chi connectivity index (χ4v) is 3.86. The molecule has 0 unspecified atom stereocenters. The van der Waals surface area contributed by atoms with E-state index in [0.29, 0.717) is 26.6 Å². The number of thioether (sulfide) groups is 1. The first-order valence-electron chi connectivity index (χ1n) is 8.26. The van der Waals surface area contributed by atoms with Crippen LogP contribution >= 0.6 is 35.6 Å². The number of hydrogen-bond acceptors (Lipinski definition) is 6. The summed E-state index contributed by atoms with van der Waals surface area (Å²) >= 11 is 12.5. The van der Waals surface area contributed by atoms with Gasteiger partial charge in [0, 0.05) is 10.6 Å². The van der Waals surface area contributed by atoms with Gasteiger partial charge in [-0.25, -0.2) is 0 Å². The molecule has 0 N–H and O–H groups in total. The lowest BCUT2D eigenvalue weighted by Crippen LogP contribution is -2.33. The van der Waals surface area contributed by atoms with Crippen molar-refractivity contribution >= 4 is 57.9 Å². The summed E-state index contributed by atoms with van der Waals surface area (Å²) in [5.74, 6) is -0.132. The summed E-state index contributed by atoms with van der Waals surface area (Å²) in [4.78, 5) is 25.5. The van der Waals surface area contributed by atoms with Crippen molar-refractivity contribution < 1.29 is 19.1 Å². The molecule has 0 bridgehead atoms. The molecule has 2 aromatic rings. The molecule has 8 heteroatoms. The predicted octanol–water partition coefficient (Wildman–Crippen LogP) is 4.29. The maximum Gasteiger partial charge on any atom is 0.325 e. The highest BCUT2D eigenvalue weighted by molar-refractivity contribution is 8.26. The Kier molecular flexibility index (Phi) is 6.72. The van der Waals surface area contributed by atoms with Crippen molar-refractivity contribution in [2.75, 3.05) is 13.7 Å². The molecule has 1 heterocycles. The first-order chi connectivity index (χ1) is 13.5. The van der Waals surface area contributed by atoms with Crippen LogP contribution in [0.3, 0.4) is 0 Å². The Morgan fingerprint density at radius 2 is 1.93 bits per heavy atom. The van der Waals surface area contributed by atoms with Crippen molar-refractivity contribution in [3.05, 3.63) is 69.6 Å². The Bertz CT molecular complexity index is 943. The molecular weight excluding hydrogens is 418 g/mol. The van der Waals surface area contributed by atoms with Gasteiger partial charge in [-0.1, -0.05) is 65.9 Å². The third-order valence-electron chi connectivity index (χ3n) is 3.92. The van der Waals surface area contributed by atoms with Crippen molar-refractivity contribution in [3.8, 4) is 5.75 Å². The summed E-state index contributed by atoms with van der Waals surface area (Å²) in [6, 6.07) is 14.8. The highest BCUT2D eigenvalue weighted by Gasteiger charge is 2.33. The third-order valence-corrected chi connectivity index (χ3v) is 5.67. The predicted molar refractivity (Wildman–Crippen MR) is 114 cm³/mol. The minimum atomic E-state index is -0.516. The molecule has 1 aliphatic rings. The second-order valence-corrected chi connectivity index (χ2v) is 7.88. The van der Waals surface area contributed by atoms with E-state index in [4.69, 9.17) is 28.6 Å². The molecule has 28 heavy (non-hydrogen) atoms. The van der Waals surface area contributed by atoms with Crippen molar-refractivity contribution in [3.63, 3.8) is 0 Å². The number of carbonyl (C=O) groups excluding carboxylic acids is 2. The lowest BCUT2D eigenvalue weighted by Gasteiger charge is -2.11. The van der Waals surface area contributed by atoms with Crippen molar-refractivity contribution in [2.24, 2.45) is 0 Å². The van der Waals surface area contributed by atoms with Gasteiger partial charge < -0.3 is 9.47 Å². The molecule has 5 nitrogen and oxygen atoms in total. The summed E-state index contributed by atoms with van der Waals surface area (Å²) in [6.07, 6.45) is 1.73. The monoisotopic (exact) mass is 433 g/mol. The maximum atomic E-state index is 12.4. The number of ether oxygens (including phenoxy) is 2. The third kappa shape index (κ3) is 4.92. The van der Waals surface area contributed by atoms with Crippen LogP contribution in [0.25, 0.3) is 6.08 Å². The fourth-order valence-electron chi connectivity index (χ4n) is 2.42. The lowest BCUT2D eigenvalue weighted by atomic mass is 10.2. The van der Waals surface area contributed by atoms with E-state index in [0.717, 1.165) is 22.9 Å². The van der Waals surface area contributed by atoms with Gasteiger partial charge in [-0.3, -0.25) is 14.5 Å². The number of carbonyl (C=O) groups is 2. The van der Waals surface area contributed by atoms with E-state index in [9.17, 15) is 9.59 Å². The van der Waals surface area contributed by atoms with Gasteiger partial charge >= 0.3 is 5.97 Å². The van der Waals surface area contributed by atoms with Gasteiger partial charge in [-0.2, -0.15) is 0 Å². The quantitative estimate of drug-likeness (QED) is 0.384. The Labute approximate surface area is 177 Å². The van der Waals surface area contributed by atoms with Crippen LogP contribution in [0.2, 0.25) is 5.02 Å². The van der Waals surface area contributed by atoms with E-state index < -0.39 is 5.97 Å². The van der Waals surface area contributed by atoms with E-state index in [1.807, 2.05) is 48.5 Å². The van der Waals surface area contributed by atoms with Crippen LogP contribution in [0, 0.1) is 0 Å². The lowest BCUT2D eigenvalue weighted by molar-refractivity contribution is -0.143. The Morgan fingerprint density at radius 3 is 2.61 bits per heavy atom. The number of thiocarbonyl (C=S) groups is 1. The van der Waals surface area contributed by atoms with Crippen molar-refractivity contribution in [1.82, 2.24) is 4.90 Å². The van der Waals surface area contributed by atoms with Crippen LogP contribution in [0.1, 0.15) is 11.1 Å². The average molecular weight is 434 g/mol.